The summed E-state index contributed by atoms with van der Waals surface area (Å²) >= 11 is 1.56. The maximum absolute atomic E-state index is 5.95. The van der Waals surface area contributed by atoms with Crippen molar-refractivity contribution in [2.45, 2.75) is 23.2 Å². The van der Waals surface area contributed by atoms with Gasteiger partial charge in [-0.05, 0) is 19.1 Å². The number of hydrogen-bond donors (Lipinski definition) is 1. The van der Waals surface area contributed by atoms with E-state index in [0.29, 0.717) is 0 Å². The number of rotatable bonds is 4. The normalized spacial score (nSPS) is 14.6. The largest absolute Gasteiger partial charge is 0.468 e. The van der Waals surface area contributed by atoms with Crippen molar-refractivity contribution in [2.24, 2.45) is 5.73 Å². The molecule has 0 aliphatic rings. The van der Waals surface area contributed by atoms with Crippen LogP contribution in [0.5, 0.6) is 0 Å². The Balaban J connectivity index is 2.16. The number of nitrogens with zero attached hydrogens (tertiary/aromatic N) is 2. The molecule has 0 bridgehead atoms. The van der Waals surface area contributed by atoms with Crippen LogP contribution in [0.2, 0.25) is 0 Å². The number of furan rings is 1. The number of hydrogen-bond acceptors (Lipinski definition) is 5. The Kier molecular flexibility index (Phi) is 3.58. The zero-order valence-corrected chi connectivity index (χ0v) is 9.72. The minimum atomic E-state index is -0.0156. The van der Waals surface area contributed by atoms with Crippen molar-refractivity contribution in [2.75, 3.05) is 0 Å². The van der Waals surface area contributed by atoms with Crippen LogP contribution in [-0.2, 0) is 0 Å². The first-order chi connectivity index (χ1) is 7.77. The summed E-state index contributed by atoms with van der Waals surface area (Å²) in [6, 6.07) is 3.78. The minimum absolute atomic E-state index is 0.0156. The topological polar surface area (TPSA) is 64.9 Å². The maximum atomic E-state index is 5.95. The SMILES string of the molecule is CC(N)C(Sc1cnccn1)c1ccco1. The molecule has 2 aromatic rings. The predicted octanol–water partition coefficient (Wildman–Crippen LogP) is 2.25. The van der Waals surface area contributed by atoms with Gasteiger partial charge in [-0.25, -0.2) is 4.98 Å². The quantitative estimate of drug-likeness (QED) is 0.823. The lowest BCUT2D eigenvalue weighted by Gasteiger charge is -2.16. The Morgan fingerprint density at radius 3 is 2.88 bits per heavy atom. The zero-order chi connectivity index (χ0) is 11.4. The van der Waals surface area contributed by atoms with Crippen LogP contribution in [-0.4, -0.2) is 16.0 Å². The van der Waals surface area contributed by atoms with Crippen LogP contribution in [0, 0.1) is 0 Å². The van der Waals surface area contributed by atoms with Crippen molar-refractivity contribution in [3.05, 3.63) is 42.7 Å². The standard InChI is InChI=1S/C11H13N3OS/c1-8(12)11(9-3-2-6-15-9)16-10-7-13-4-5-14-10/h2-8,11H,12H2,1H3. The summed E-state index contributed by atoms with van der Waals surface area (Å²) in [6.45, 7) is 1.95. The van der Waals surface area contributed by atoms with Gasteiger partial charge in [-0.2, -0.15) is 0 Å². The maximum Gasteiger partial charge on any atom is 0.118 e. The van der Waals surface area contributed by atoms with Crippen LogP contribution < -0.4 is 5.73 Å². The minimum Gasteiger partial charge on any atom is -0.468 e. The molecule has 2 atom stereocenters. The molecule has 5 heteroatoms. The lowest BCUT2D eigenvalue weighted by Crippen LogP contribution is -2.22. The summed E-state index contributed by atoms with van der Waals surface area (Å²) < 4.78 is 5.38. The summed E-state index contributed by atoms with van der Waals surface area (Å²) in [4.78, 5) is 8.24. The van der Waals surface area contributed by atoms with Gasteiger partial charge in [0.2, 0.25) is 0 Å². The smallest absolute Gasteiger partial charge is 0.118 e. The summed E-state index contributed by atoms with van der Waals surface area (Å²) in [5, 5.41) is 0.910. The Hall–Kier alpha value is -1.33. The summed E-state index contributed by atoms with van der Waals surface area (Å²) in [5.74, 6) is 0.866. The molecule has 0 amide bonds. The predicted molar refractivity (Wildman–Crippen MR) is 63.0 cm³/mol. The molecular formula is C11H13N3OS. The third kappa shape index (κ3) is 2.62. The number of aromatic nitrogens is 2. The van der Waals surface area contributed by atoms with Gasteiger partial charge in [-0.15, -0.1) is 0 Å². The lowest BCUT2D eigenvalue weighted by atomic mass is 10.2. The van der Waals surface area contributed by atoms with Crippen molar-refractivity contribution in [3.63, 3.8) is 0 Å². The molecule has 84 valence electrons. The summed E-state index contributed by atoms with van der Waals surface area (Å²) in [5.41, 5.74) is 5.95. The summed E-state index contributed by atoms with van der Waals surface area (Å²) in [6.07, 6.45) is 6.70. The van der Waals surface area contributed by atoms with Gasteiger partial charge in [0, 0.05) is 18.4 Å². The van der Waals surface area contributed by atoms with Crippen molar-refractivity contribution < 1.29 is 4.42 Å². The molecule has 0 spiro atoms. The van der Waals surface area contributed by atoms with Crippen molar-refractivity contribution in [1.29, 1.82) is 0 Å². The molecule has 0 saturated carbocycles. The second-order valence-corrected chi connectivity index (χ2v) is 4.62. The van der Waals surface area contributed by atoms with Gasteiger partial charge >= 0.3 is 0 Å². The van der Waals surface area contributed by atoms with Gasteiger partial charge in [0.25, 0.3) is 0 Å². The van der Waals surface area contributed by atoms with E-state index in [1.807, 2.05) is 19.1 Å². The Morgan fingerprint density at radius 1 is 1.44 bits per heavy atom. The van der Waals surface area contributed by atoms with Crippen LogP contribution >= 0.6 is 11.8 Å². The molecule has 2 aromatic heterocycles. The molecule has 16 heavy (non-hydrogen) atoms. The van der Waals surface area contributed by atoms with Crippen LogP contribution in [0.3, 0.4) is 0 Å². The first-order valence-electron chi connectivity index (χ1n) is 4.99. The van der Waals surface area contributed by atoms with Crippen molar-refractivity contribution >= 4 is 11.8 Å². The number of nitrogens with two attached hydrogens (primary N) is 1. The van der Waals surface area contributed by atoms with Gasteiger partial charge in [0.05, 0.1) is 17.7 Å². The van der Waals surface area contributed by atoms with Gasteiger partial charge in [-0.1, -0.05) is 11.8 Å². The van der Waals surface area contributed by atoms with E-state index in [4.69, 9.17) is 10.2 Å². The monoisotopic (exact) mass is 235 g/mol. The molecule has 2 N–H and O–H groups in total. The highest BCUT2D eigenvalue weighted by Gasteiger charge is 2.20. The molecule has 2 unspecified atom stereocenters. The Bertz CT molecular complexity index is 416. The fourth-order valence-corrected chi connectivity index (χ4v) is 2.32. The van der Waals surface area contributed by atoms with E-state index in [-0.39, 0.29) is 11.3 Å². The lowest BCUT2D eigenvalue weighted by molar-refractivity contribution is 0.486. The van der Waals surface area contributed by atoms with Gasteiger partial charge in [0.15, 0.2) is 0 Å². The zero-order valence-electron chi connectivity index (χ0n) is 8.91. The molecule has 0 saturated heterocycles. The fourth-order valence-electron chi connectivity index (χ4n) is 1.35. The van der Waals surface area contributed by atoms with E-state index in [9.17, 15) is 0 Å². The van der Waals surface area contributed by atoms with Crippen LogP contribution in [0.1, 0.15) is 17.9 Å². The van der Waals surface area contributed by atoms with Gasteiger partial charge in [-0.3, -0.25) is 4.98 Å². The third-order valence-electron chi connectivity index (χ3n) is 2.09. The molecular weight excluding hydrogens is 222 g/mol. The van der Waals surface area contributed by atoms with E-state index in [2.05, 4.69) is 9.97 Å². The first-order valence-corrected chi connectivity index (χ1v) is 5.87. The molecule has 0 aliphatic heterocycles. The molecule has 0 fully saturated rings. The highest BCUT2D eigenvalue weighted by molar-refractivity contribution is 7.99. The molecule has 0 radical (unpaired) electrons. The molecule has 0 aliphatic carbocycles. The van der Waals surface area contributed by atoms with E-state index in [1.54, 1.807) is 36.6 Å². The fraction of sp³-hybridized carbons (Fsp3) is 0.273. The van der Waals surface area contributed by atoms with Crippen molar-refractivity contribution in [3.8, 4) is 0 Å². The molecule has 2 rings (SSSR count). The van der Waals surface area contributed by atoms with E-state index >= 15 is 0 Å². The average molecular weight is 235 g/mol. The molecule has 2 heterocycles. The van der Waals surface area contributed by atoms with Crippen LogP contribution in [0.25, 0.3) is 0 Å². The van der Waals surface area contributed by atoms with Gasteiger partial charge < -0.3 is 10.2 Å². The highest BCUT2D eigenvalue weighted by atomic mass is 32.2. The van der Waals surface area contributed by atoms with E-state index < -0.39 is 0 Å². The van der Waals surface area contributed by atoms with Crippen LogP contribution in [0.4, 0.5) is 0 Å². The average Bonchev–Trinajstić information content (AvgIpc) is 2.80. The second kappa shape index (κ2) is 5.14. The van der Waals surface area contributed by atoms with E-state index in [1.165, 1.54) is 0 Å². The highest BCUT2D eigenvalue weighted by Crippen LogP contribution is 2.35. The van der Waals surface area contributed by atoms with E-state index in [0.717, 1.165) is 10.8 Å². The van der Waals surface area contributed by atoms with Crippen LogP contribution in [0.15, 0.2) is 46.4 Å². The Labute approximate surface area is 98.3 Å². The second-order valence-electron chi connectivity index (χ2n) is 3.46. The number of thioether (sulfide) groups is 1. The Morgan fingerprint density at radius 2 is 2.31 bits per heavy atom. The first kappa shape index (κ1) is 11.2. The van der Waals surface area contributed by atoms with Gasteiger partial charge in [0.1, 0.15) is 10.8 Å². The third-order valence-corrected chi connectivity index (χ3v) is 3.46. The summed E-state index contributed by atoms with van der Waals surface area (Å²) in [7, 11) is 0. The molecule has 0 aromatic carbocycles. The molecule has 4 nitrogen and oxygen atoms in total. The van der Waals surface area contributed by atoms with Crippen molar-refractivity contribution in [1.82, 2.24) is 9.97 Å².